The standard InChI is InChI=1S/C44H76O2/c1-33(2)34(3)22-23-35(4)39-26-27-40-38-25-24-37-32-36(28-30-43(37,5)41(38)29-31-44(39,40)6)20-18-16-14-12-10-8-7-9-11-13-15-17-19-21-42(45)46/h22-23,25,33-37,39-41H,7-21,24,26-32H2,1-6H3,(H,45,46)/t34-,35+,36-,37?,39+,40?,41?,43-,44+/m0/s1. The molecule has 46 heavy (non-hydrogen) atoms. The normalized spacial score (nSPS) is 33.8. The minimum Gasteiger partial charge on any atom is -0.481 e. The van der Waals surface area contributed by atoms with Gasteiger partial charge in [-0.2, -0.15) is 0 Å². The largest absolute Gasteiger partial charge is 0.481 e. The van der Waals surface area contributed by atoms with Crippen LogP contribution < -0.4 is 0 Å². The van der Waals surface area contributed by atoms with Crippen LogP contribution in [0.5, 0.6) is 0 Å². The summed E-state index contributed by atoms with van der Waals surface area (Å²) in [5, 5.41) is 8.71. The van der Waals surface area contributed by atoms with Crippen LogP contribution >= 0.6 is 0 Å². The average Bonchev–Trinajstić information content (AvgIpc) is 3.38. The monoisotopic (exact) mass is 637 g/mol. The highest BCUT2D eigenvalue weighted by molar-refractivity contribution is 5.66. The van der Waals surface area contributed by atoms with Crippen molar-refractivity contribution < 1.29 is 9.90 Å². The number of fused-ring (bicyclic) bond motifs is 5. The van der Waals surface area contributed by atoms with E-state index in [9.17, 15) is 4.79 Å². The summed E-state index contributed by atoms with van der Waals surface area (Å²) in [7, 11) is 0. The van der Waals surface area contributed by atoms with Crippen molar-refractivity contribution in [2.75, 3.05) is 0 Å². The number of carbonyl (C=O) groups is 1. The van der Waals surface area contributed by atoms with E-state index < -0.39 is 5.97 Å². The Kier molecular flexibility index (Phi) is 14.8. The van der Waals surface area contributed by atoms with E-state index in [4.69, 9.17) is 5.11 Å². The zero-order valence-electron chi connectivity index (χ0n) is 31.5. The molecule has 0 bridgehead atoms. The van der Waals surface area contributed by atoms with E-state index in [0.717, 1.165) is 48.3 Å². The molecule has 0 spiro atoms. The zero-order chi connectivity index (χ0) is 33.2. The fourth-order valence-corrected chi connectivity index (χ4v) is 11.1. The molecule has 0 aliphatic heterocycles. The first-order chi connectivity index (χ1) is 22.1. The molecular weight excluding hydrogens is 560 g/mol. The number of carboxylic acids is 1. The molecule has 0 amide bonds. The molecule has 2 heteroatoms. The van der Waals surface area contributed by atoms with Crippen molar-refractivity contribution in [3.63, 3.8) is 0 Å². The summed E-state index contributed by atoms with van der Waals surface area (Å²) in [5.74, 6) is 5.99. The van der Waals surface area contributed by atoms with E-state index in [1.807, 2.05) is 5.57 Å². The molecule has 3 fully saturated rings. The van der Waals surface area contributed by atoms with Gasteiger partial charge in [0.05, 0.1) is 0 Å². The van der Waals surface area contributed by atoms with E-state index in [1.54, 1.807) is 0 Å². The van der Waals surface area contributed by atoms with Gasteiger partial charge in [0.1, 0.15) is 0 Å². The molecule has 3 unspecified atom stereocenters. The highest BCUT2D eigenvalue weighted by Crippen LogP contribution is 2.67. The number of carboxylic acid groups (broad SMARTS) is 1. The van der Waals surface area contributed by atoms with Crippen LogP contribution in [-0.4, -0.2) is 11.1 Å². The fraction of sp³-hybridized carbons (Fsp3) is 0.886. The molecule has 0 aromatic rings. The van der Waals surface area contributed by atoms with Gasteiger partial charge in [-0.05, 0) is 116 Å². The van der Waals surface area contributed by atoms with Gasteiger partial charge in [-0.15, -0.1) is 0 Å². The van der Waals surface area contributed by atoms with Gasteiger partial charge in [-0.1, -0.05) is 149 Å². The molecule has 4 aliphatic carbocycles. The first-order valence-electron chi connectivity index (χ1n) is 20.7. The van der Waals surface area contributed by atoms with Crippen LogP contribution in [0, 0.1) is 58.2 Å². The highest BCUT2D eigenvalue weighted by Gasteiger charge is 2.58. The summed E-state index contributed by atoms with van der Waals surface area (Å²) in [4.78, 5) is 10.6. The molecule has 0 radical (unpaired) electrons. The van der Waals surface area contributed by atoms with Gasteiger partial charge in [0.2, 0.25) is 0 Å². The van der Waals surface area contributed by atoms with Crippen LogP contribution in [0.4, 0.5) is 0 Å². The van der Waals surface area contributed by atoms with Crippen LogP contribution in [0.3, 0.4) is 0 Å². The van der Waals surface area contributed by atoms with Crippen LogP contribution in [0.1, 0.15) is 189 Å². The first kappa shape index (κ1) is 37.8. The minimum absolute atomic E-state index is 0.344. The summed E-state index contributed by atoms with van der Waals surface area (Å²) in [5.41, 5.74) is 3.02. The highest BCUT2D eigenvalue weighted by atomic mass is 16.4. The third kappa shape index (κ3) is 9.77. The maximum Gasteiger partial charge on any atom is 0.303 e. The SMILES string of the molecule is CC(C)[C@@H](C)C=C[C@@H](C)[C@H]1CCC2C3=CCC4C[C@@H](CCCCCCCCCCCCCCCC(=O)O)CC[C@]4(C)C3CC[C@@]21C. The van der Waals surface area contributed by atoms with Gasteiger partial charge in [0, 0.05) is 6.42 Å². The molecule has 0 heterocycles. The Morgan fingerprint density at radius 2 is 1.33 bits per heavy atom. The van der Waals surface area contributed by atoms with E-state index in [0.29, 0.717) is 29.1 Å². The van der Waals surface area contributed by atoms with Gasteiger partial charge in [-0.3, -0.25) is 4.79 Å². The molecule has 4 aliphatic rings. The maximum atomic E-state index is 10.6. The van der Waals surface area contributed by atoms with Crippen LogP contribution in [0.15, 0.2) is 23.8 Å². The van der Waals surface area contributed by atoms with Crippen LogP contribution in [0.25, 0.3) is 0 Å². The summed E-state index contributed by atoms with van der Waals surface area (Å²) >= 11 is 0. The Hall–Kier alpha value is -1.05. The summed E-state index contributed by atoms with van der Waals surface area (Å²) in [6.07, 6.45) is 38.6. The Balaban J connectivity index is 1.12. The first-order valence-corrected chi connectivity index (χ1v) is 20.7. The Labute approximate surface area is 286 Å². The molecule has 0 aromatic heterocycles. The van der Waals surface area contributed by atoms with Crippen molar-refractivity contribution >= 4 is 5.97 Å². The van der Waals surface area contributed by atoms with Crippen molar-refractivity contribution in [3.8, 4) is 0 Å². The fourth-order valence-electron chi connectivity index (χ4n) is 11.1. The zero-order valence-corrected chi connectivity index (χ0v) is 31.5. The Morgan fingerprint density at radius 1 is 0.761 bits per heavy atom. The lowest BCUT2D eigenvalue weighted by Crippen LogP contribution is -2.49. The third-order valence-corrected chi connectivity index (χ3v) is 14.7. The third-order valence-electron chi connectivity index (χ3n) is 14.7. The van der Waals surface area contributed by atoms with Crippen LogP contribution in [-0.2, 0) is 4.79 Å². The topological polar surface area (TPSA) is 37.3 Å². The Bertz CT molecular complexity index is 976. The predicted molar refractivity (Wildman–Crippen MR) is 198 cm³/mol. The maximum absolute atomic E-state index is 10.6. The van der Waals surface area contributed by atoms with Crippen molar-refractivity contribution in [2.45, 2.75) is 189 Å². The van der Waals surface area contributed by atoms with Gasteiger partial charge in [-0.25, -0.2) is 0 Å². The van der Waals surface area contributed by atoms with Crippen molar-refractivity contribution in [2.24, 2.45) is 58.2 Å². The van der Waals surface area contributed by atoms with Crippen molar-refractivity contribution in [1.82, 2.24) is 0 Å². The van der Waals surface area contributed by atoms with Gasteiger partial charge >= 0.3 is 5.97 Å². The lowest BCUT2D eigenvalue weighted by Gasteiger charge is -2.58. The van der Waals surface area contributed by atoms with Crippen molar-refractivity contribution in [3.05, 3.63) is 23.8 Å². The predicted octanol–water partition coefficient (Wildman–Crippen LogP) is 13.6. The van der Waals surface area contributed by atoms with Gasteiger partial charge in [0.25, 0.3) is 0 Å². The van der Waals surface area contributed by atoms with E-state index in [1.165, 1.54) is 128 Å². The van der Waals surface area contributed by atoms with Gasteiger partial charge < -0.3 is 5.11 Å². The number of hydrogen-bond acceptors (Lipinski definition) is 1. The lowest BCUT2D eigenvalue weighted by molar-refractivity contribution is -0.137. The second-order valence-electron chi connectivity index (χ2n) is 18.0. The van der Waals surface area contributed by atoms with Gasteiger partial charge in [0.15, 0.2) is 0 Å². The molecule has 0 saturated heterocycles. The van der Waals surface area contributed by atoms with Crippen molar-refractivity contribution in [1.29, 1.82) is 0 Å². The number of unbranched alkanes of at least 4 members (excludes halogenated alkanes) is 12. The number of aliphatic carboxylic acids is 1. The number of allylic oxidation sites excluding steroid dienone is 4. The molecule has 1 N–H and O–H groups in total. The summed E-state index contributed by atoms with van der Waals surface area (Å²) in [6, 6.07) is 0. The lowest BCUT2D eigenvalue weighted by atomic mass is 9.47. The van der Waals surface area contributed by atoms with E-state index >= 15 is 0 Å². The quantitative estimate of drug-likeness (QED) is 0.107. The average molecular weight is 637 g/mol. The molecule has 264 valence electrons. The second-order valence-corrected chi connectivity index (χ2v) is 18.0. The molecule has 0 aromatic carbocycles. The minimum atomic E-state index is -0.647. The molecule has 9 atom stereocenters. The molecular formula is C44H76O2. The summed E-state index contributed by atoms with van der Waals surface area (Å²) in [6.45, 7) is 15.1. The molecule has 4 rings (SSSR count). The molecule has 2 nitrogen and oxygen atoms in total. The molecule has 3 saturated carbocycles. The Morgan fingerprint density at radius 3 is 1.93 bits per heavy atom. The number of hydrogen-bond donors (Lipinski definition) is 1. The van der Waals surface area contributed by atoms with Crippen LogP contribution in [0.2, 0.25) is 0 Å². The summed E-state index contributed by atoms with van der Waals surface area (Å²) < 4.78 is 0. The van der Waals surface area contributed by atoms with E-state index in [-0.39, 0.29) is 0 Å². The smallest absolute Gasteiger partial charge is 0.303 e. The number of rotatable bonds is 20. The second kappa shape index (κ2) is 18.1. The van der Waals surface area contributed by atoms with E-state index in [2.05, 4.69) is 59.8 Å².